The quantitative estimate of drug-likeness (QED) is 0.157. The Balaban J connectivity index is 1.20. The van der Waals surface area contributed by atoms with Crippen molar-refractivity contribution in [2.45, 2.75) is 66.1 Å². The van der Waals surface area contributed by atoms with E-state index in [2.05, 4.69) is 31.2 Å². The molecule has 11 heteroatoms. The van der Waals surface area contributed by atoms with Crippen molar-refractivity contribution in [1.82, 2.24) is 18.9 Å². The number of aromatic hydroxyl groups is 1. The molecular formula is C50H50N6O5. The van der Waals surface area contributed by atoms with E-state index in [-0.39, 0.29) is 35.9 Å². The van der Waals surface area contributed by atoms with Crippen LogP contribution in [0, 0.1) is 25.2 Å². The average Bonchev–Trinajstić information content (AvgIpc) is 3.72. The predicted molar refractivity (Wildman–Crippen MR) is 235 cm³/mol. The molecular weight excluding hydrogens is 765 g/mol. The lowest BCUT2D eigenvalue weighted by Crippen LogP contribution is -2.43. The summed E-state index contributed by atoms with van der Waals surface area (Å²) in [6, 6.07) is 32.1. The number of aromatic nitrogens is 2. The van der Waals surface area contributed by atoms with Gasteiger partial charge in [0.25, 0.3) is 11.8 Å². The molecule has 2 aliphatic rings. The van der Waals surface area contributed by atoms with Crippen molar-refractivity contribution in [3.05, 3.63) is 153 Å². The molecule has 0 saturated heterocycles. The van der Waals surface area contributed by atoms with E-state index in [1.54, 1.807) is 34.7 Å². The monoisotopic (exact) mass is 814 g/mol. The van der Waals surface area contributed by atoms with Gasteiger partial charge >= 0.3 is 0 Å². The highest BCUT2D eigenvalue weighted by Gasteiger charge is 2.33. The van der Waals surface area contributed by atoms with Gasteiger partial charge in [0.15, 0.2) is 0 Å². The first-order valence-corrected chi connectivity index (χ1v) is 20.8. The van der Waals surface area contributed by atoms with Crippen molar-refractivity contribution < 1.29 is 24.2 Å². The van der Waals surface area contributed by atoms with Gasteiger partial charge < -0.3 is 28.8 Å². The van der Waals surface area contributed by atoms with Gasteiger partial charge in [0, 0.05) is 73.7 Å². The van der Waals surface area contributed by atoms with Gasteiger partial charge in [-0.3, -0.25) is 19.3 Å². The van der Waals surface area contributed by atoms with Gasteiger partial charge in [-0.25, -0.2) is 0 Å². The predicted octanol–water partition coefficient (Wildman–Crippen LogP) is 8.32. The number of hydrogen-bond donors (Lipinski definition) is 1. The number of phenols is 1. The van der Waals surface area contributed by atoms with Crippen LogP contribution in [0.4, 0.5) is 11.4 Å². The van der Waals surface area contributed by atoms with Crippen molar-refractivity contribution in [2.24, 2.45) is 14.1 Å². The van der Waals surface area contributed by atoms with Crippen LogP contribution in [0.1, 0.15) is 79.5 Å². The molecule has 1 atom stereocenters. The molecule has 2 aromatic heterocycles. The smallest absolute Gasteiger partial charge is 0.264 e. The van der Waals surface area contributed by atoms with E-state index < -0.39 is 0 Å². The van der Waals surface area contributed by atoms with Crippen molar-refractivity contribution in [2.75, 3.05) is 18.1 Å². The Hall–Kier alpha value is -7.06. The van der Waals surface area contributed by atoms with E-state index >= 15 is 4.79 Å². The first-order valence-electron chi connectivity index (χ1n) is 20.8. The van der Waals surface area contributed by atoms with Gasteiger partial charge in [0.1, 0.15) is 23.3 Å². The summed E-state index contributed by atoms with van der Waals surface area (Å²) in [6.07, 6.45) is 1.60. The van der Waals surface area contributed by atoms with E-state index in [1.165, 1.54) is 17.7 Å². The lowest BCUT2D eigenvalue weighted by atomic mass is 9.89. The summed E-state index contributed by atoms with van der Waals surface area (Å²) in [7, 11) is 3.69. The molecule has 4 heterocycles. The average molecular weight is 815 g/mol. The molecule has 0 spiro atoms. The van der Waals surface area contributed by atoms with Crippen LogP contribution in [0.3, 0.4) is 0 Å². The Morgan fingerprint density at radius 2 is 1.56 bits per heavy atom. The van der Waals surface area contributed by atoms with Crippen molar-refractivity contribution in [3.8, 4) is 28.8 Å². The lowest BCUT2D eigenvalue weighted by molar-refractivity contribution is -0.131. The molecule has 0 radical (unpaired) electrons. The number of rotatable bonds is 9. The number of benzene rings is 4. The van der Waals surface area contributed by atoms with Gasteiger partial charge in [-0.05, 0) is 129 Å². The molecule has 0 aliphatic carbocycles. The largest absolute Gasteiger partial charge is 0.508 e. The van der Waals surface area contributed by atoms with E-state index in [4.69, 9.17) is 4.74 Å². The van der Waals surface area contributed by atoms with E-state index in [9.17, 15) is 20.0 Å². The minimum atomic E-state index is -0.322. The zero-order valence-electron chi connectivity index (χ0n) is 35.5. The molecule has 6 aromatic rings. The number of anilines is 2. The maximum Gasteiger partial charge on any atom is 0.264 e. The molecule has 0 fully saturated rings. The van der Waals surface area contributed by atoms with Crippen LogP contribution in [-0.4, -0.2) is 61.0 Å². The van der Waals surface area contributed by atoms with Crippen LogP contribution in [0.25, 0.3) is 11.3 Å². The van der Waals surface area contributed by atoms with Crippen molar-refractivity contribution >= 4 is 29.1 Å². The number of ether oxygens (including phenoxy) is 1. The van der Waals surface area contributed by atoms with Crippen LogP contribution < -0.4 is 9.64 Å². The van der Waals surface area contributed by atoms with Gasteiger partial charge in [-0.1, -0.05) is 36.4 Å². The van der Waals surface area contributed by atoms with Gasteiger partial charge in [0.2, 0.25) is 5.91 Å². The lowest BCUT2D eigenvalue weighted by Gasteiger charge is -2.36. The fraction of sp³-hybridized carbons (Fsp3) is 0.280. The second kappa shape index (κ2) is 16.5. The maximum absolute atomic E-state index is 15.1. The van der Waals surface area contributed by atoms with Crippen molar-refractivity contribution in [1.29, 1.82) is 5.26 Å². The topological polar surface area (TPSA) is 124 Å². The van der Waals surface area contributed by atoms with Crippen LogP contribution in [-0.2, 0) is 51.2 Å². The molecule has 0 saturated carbocycles. The zero-order chi connectivity index (χ0) is 43.1. The summed E-state index contributed by atoms with van der Waals surface area (Å²) >= 11 is 0. The van der Waals surface area contributed by atoms with E-state index in [1.807, 2.05) is 90.7 Å². The van der Waals surface area contributed by atoms with E-state index in [0.717, 1.165) is 40.1 Å². The summed E-state index contributed by atoms with van der Waals surface area (Å²) in [5.74, 6) is 0.414. The van der Waals surface area contributed by atoms with Crippen LogP contribution in [0.15, 0.2) is 97.1 Å². The van der Waals surface area contributed by atoms with Crippen LogP contribution in [0.2, 0.25) is 0 Å². The fourth-order valence-electron chi connectivity index (χ4n) is 8.75. The summed E-state index contributed by atoms with van der Waals surface area (Å²) in [6.45, 7) is 9.73. The molecule has 0 unspecified atom stereocenters. The Morgan fingerprint density at radius 3 is 2.25 bits per heavy atom. The third-order valence-electron chi connectivity index (χ3n) is 12.5. The number of phenolic OH excluding ortho intramolecular Hbond substituents is 1. The zero-order valence-corrected chi connectivity index (χ0v) is 35.5. The van der Waals surface area contributed by atoms with Gasteiger partial charge in [-0.2, -0.15) is 5.26 Å². The van der Waals surface area contributed by atoms with E-state index in [0.29, 0.717) is 77.8 Å². The molecule has 310 valence electrons. The number of nitrogens with zero attached hydrogens (tertiary/aromatic N) is 6. The number of hydrogen-bond acceptors (Lipinski definition) is 6. The highest BCUT2D eigenvalue weighted by Crippen LogP contribution is 2.38. The number of fused-ring (bicyclic) bond motifs is 2. The Bertz CT molecular complexity index is 2720. The molecule has 61 heavy (non-hydrogen) atoms. The molecule has 8 rings (SSSR count). The molecule has 3 amide bonds. The van der Waals surface area contributed by atoms with Gasteiger partial charge in [-0.15, -0.1) is 0 Å². The molecule has 0 bridgehead atoms. The SMILES string of the molecule is CCOc1ccc(CC(=O)N2CCc3cc(-c4cc(C(=O)N(c5ccc(O)cc5)c5cc(C#N)n(C)c5C)c(C)n4C)c(C(=O)N4Cc5ccccc5C[C@H]4C)cc3C2)cc1. The fourth-order valence-corrected chi connectivity index (χ4v) is 8.75. The summed E-state index contributed by atoms with van der Waals surface area (Å²) in [4.78, 5) is 49.2. The van der Waals surface area contributed by atoms with Crippen molar-refractivity contribution in [3.63, 3.8) is 0 Å². The minimum Gasteiger partial charge on any atom is -0.508 e. The molecule has 4 aromatic carbocycles. The highest BCUT2D eigenvalue weighted by atomic mass is 16.5. The number of amides is 3. The minimum absolute atomic E-state index is 0.0166. The highest BCUT2D eigenvalue weighted by molar-refractivity contribution is 6.13. The molecule has 1 N–H and O–H groups in total. The number of carbonyl (C=O) groups excluding carboxylic acids is 3. The standard InChI is InChI=1S/C50H50N6O5/c1-7-61-42-18-12-34(13-19-42)23-48(58)54-21-20-36-24-44(45(25-38(36)29-54)49(59)55-30-37-11-9-8-10-35(37)22-31(55)2)47-27-43(32(3)53(47)6)50(60)56(39-14-16-41(57)17-15-39)46-26-40(28-51)52(5)33(46)4/h8-19,24-27,31,57H,7,20-23,29-30H2,1-6H3/t31-/m1/s1. The normalized spacial score (nSPS) is 14.5. The maximum atomic E-state index is 15.1. The second-order valence-electron chi connectivity index (χ2n) is 16.2. The summed E-state index contributed by atoms with van der Waals surface area (Å²) in [5.41, 5.74) is 10.5. The Morgan fingerprint density at radius 1 is 0.836 bits per heavy atom. The first-order chi connectivity index (χ1) is 29.4. The van der Waals surface area contributed by atoms with Crippen LogP contribution in [0.5, 0.6) is 11.5 Å². The second-order valence-corrected chi connectivity index (χ2v) is 16.2. The third kappa shape index (κ3) is 7.66. The first kappa shape index (κ1) is 40.7. The number of nitriles is 1. The third-order valence-corrected chi connectivity index (χ3v) is 12.5. The Kier molecular flexibility index (Phi) is 11.0. The van der Waals surface area contributed by atoms with Crippen LogP contribution >= 0.6 is 0 Å². The number of carbonyl (C=O) groups is 3. The summed E-state index contributed by atoms with van der Waals surface area (Å²) in [5, 5.41) is 20.0. The molecule has 2 aliphatic heterocycles. The Labute approximate surface area is 356 Å². The molecule has 11 nitrogen and oxygen atoms in total. The van der Waals surface area contributed by atoms with Gasteiger partial charge in [0.05, 0.1) is 24.3 Å². The summed E-state index contributed by atoms with van der Waals surface area (Å²) < 4.78 is 9.30.